The molecule has 0 amide bonds. The molecule has 0 radical (unpaired) electrons. The summed E-state index contributed by atoms with van der Waals surface area (Å²) in [5, 5.41) is 0. The first kappa shape index (κ1) is 31.2. The SMILES string of the molecule is CC1COC(c2ccc(C3CCC(C(F)(F)Oc4ccc(-c5cc(F)c(C(F)(F)F)c(F)c5)c(F)c4)CC3)c(F)c2)OC1. The first-order chi connectivity index (χ1) is 20.2. The van der Waals surface area contributed by atoms with Crippen molar-refractivity contribution in [2.75, 3.05) is 13.2 Å². The lowest BCUT2D eigenvalue weighted by Crippen LogP contribution is -2.37. The molecule has 5 rings (SSSR count). The van der Waals surface area contributed by atoms with Crippen molar-refractivity contribution in [1.82, 2.24) is 0 Å². The minimum absolute atomic E-state index is 0.00370. The van der Waals surface area contributed by atoms with E-state index in [1.807, 2.05) is 6.92 Å². The summed E-state index contributed by atoms with van der Waals surface area (Å²) in [5.74, 6) is -7.48. The van der Waals surface area contributed by atoms with Gasteiger partial charge in [-0.2, -0.15) is 22.0 Å². The second-order valence-electron chi connectivity index (χ2n) is 11.1. The van der Waals surface area contributed by atoms with Crippen molar-refractivity contribution >= 4 is 0 Å². The van der Waals surface area contributed by atoms with E-state index in [9.17, 15) is 30.7 Å². The maximum Gasteiger partial charge on any atom is 0.422 e. The van der Waals surface area contributed by atoms with Crippen molar-refractivity contribution in [1.29, 1.82) is 0 Å². The number of ether oxygens (including phenoxy) is 3. The molecule has 12 heteroatoms. The van der Waals surface area contributed by atoms with Crippen molar-refractivity contribution in [3.05, 3.63) is 88.5 Å². The van der Waals surface area contributed by atoms with E-state index < -0.39 is 70.2 Å². The third kappa shape index (κ3) is 6.80. The number of benzene rings is 3. The lowest BCUT2D eigenvalue weighted by molar-refractivity contribution is -0.222. The van der Waals surface area contributed by atoms with Gasteiger partial charge in [0.05, 0.1) is 19.1 Å². The zero-order chi connectivity index (χ0) is 31.1. The Labute approximate surface area is 241 Å². The molecule has 0 unspecified atom stereocenters. The zero-order valence-electron chi connectivity index (χ0n) is 22.8. The molecule has 1 heterocycles. The Morgan fingerprint density at radius 3 is 1.91 bits per heavy atom. The van der Waals surface area contributed by atoms with Crippen LogP contribution in [0.25, 0.3) is 11.1 Å². The van der Waals surface area contributed by atoms with Crippen LogP contribution in [0.3, 0.4) is 0 Å². The van der Waals surface area contributed by atoms with E-state index in [4.69, 9.17) is 14.2 Å². The smallest absolute Gasteiger partial charge is 0.422 e. The molecule has 232 valence electrons. The maximum absolute atomic E-state index is 15.1. The Balaban J connectivity index is 1.22. The van der Waals surface area contributed by atoms with Crippen LogP contribution in [0.15, 0.2) is 48.5 Å². The third-order valence-corrected chi connectivity index (χ3v) is 7.83. The monoisotopic (exact) mass is 618 g/mol. The molecule has 2 fully saturated rings. The number of rotatable bonds is 6. The third-order valence-electron chi connectivity index (χ3n) is 7.83. The molecule has 43 heavy (non-hydrogen) atoms. The maximum atomic E-state index is 15.1. The van der Waals surface area contributed by atoms with E-state index in [-0.39, 0.29) is 37.5 Å². The van der Waals surface area contributed by atoms with Crippen LogP contribution >= 0.6 is 0 Å². The van der Waals surface area contributed by atoms with Gasteiger partial charge in [-0.3, -0.25) is 0 Å². The Kier molecular flexibility index (Phi) is 8.72. The van der Waals surface area contributed by atoms with E-state index in [0.717, 1.165) is 12.1 Å². The molecule has 1 saturated carbocycles. The van der Waals surface area contributed by atoms with Crippen LogP contribution in [-0.4, -0.2) is 19.3 Å². The molecule has 0 aromatic heterocycles. The number of alkyl halides is 5. The Bertz CT molecular complexity index is 1430. The topological polar surface area (TPSA) is 27.7 Å². The number of halogens is 9. The number of hydrogen-bond donors (Lipinski definition) is 0. The summed E-state index contributed by atoms with van der Waals surface area (Å²) < 4.78 is 142. The molecule has 0 spiro atoms. The van der Waals surface area contributed by atoms with Crippen molar-refractivity contribution < 1.29 is 53.7 Å². The van der Waals surface area contributed by atoms with Crippen LogP contribution in [0.4, 0.5) is 39.5 Å². The molecular formula is C31H27F9O3. The molecule has 3 aromatic rings. The number of hydrogen-bond acceptors (Lipinski definition) is 3. The van der Waals surface area contributed by atoms with Gasteiger partial charge in [0.2, 0.25) is 0 Å². The fourth-order valence-corrected chi connectivity index (χ4v) is 5.59. The first-order valence-corrected chi connectivity index (χ1v) is 13.7. The van der Waals surface area contributed by atoms with Gasteiger partial charge < -0.3 is 14.2 Å². The summed E-state index contributed by atoms with van der Waals surface area (Å²) in [6, 6.07) is 7.67. The summed E-state index contributed by atoms with van der Waals surface area (Å²) >= 11 is 0. The van der Waals surface area contributed by atoms with Crippen molar-refractivity contribution in [2.45, 2.75) is 57.1 Å². The van der Waals surface area contributed by atoms with E-state index in [1.54, 1.807) is 12.1 Å². The van der Waals surface area contributed by atoms with Crippen LogP contribution in [0.5, 0.6) is 5.75 Å². The largest absolute Gasteiger partial charge is 0.432 e. The van der Waals surface area contributed by atoms with Gasteiger partial charge in [-0.25, -0.2) is 17.6 Å². The van der Waals surface area contributed by atoms with Crippen LogP contribution in [0.1, 0.15) is 61.5 Å². The minimum Gasteiger partial charge on any atom is -0.432 e. The highest BCUT2D eigenvalue weighted by atomic mass is 19.4. The molecule has 1 aliphatic carbocycles. The molecular weight excluding hydrogens is 591 g/mol. The predicted molar refractivity (Wildman–Crippen MR) is 137 cm³/mol. The van der Waals surface area contributed by atoms with E-state index in [1.165, 1.54) is 6.07 Å². The average Bonchev–Trinajstić information content (AvgIpc) is 2.92. The fraction of sp³-hybridized carbons (Fsp3) is 0.419. The molecule has 3 nitrogen and oxygen atoms in total. The quantitative estimate of drug-likeness (QED) is 0.258. The zero-order valence-corrected chi connectivity index (χ0v) is 22.8. The standard InChI is InChI=1S/C31H27F9O3/c1-16-14-41-29(42-15-16)18-4-8-22(24(32)10-18)17-2-5-20(6-3-17)31(39,40)43-21-7-9-23(25(33)13-21)19-11-26(34)28(27(35)12-19)30(36,37)38/h4,7-13,16-17,20,29H,2-3,5-6,14-15H2,1H3. The van der Waals surface area contributed by atoms with Crippen LogP contribution in [0, 0.1) is 35.1 Å². The molecule has 0 atom stereocenters. The molecule has 3 aromatic carbocycles. The minimum atomic E-state index is -5.30. The molecule has 0 N–H and O–H groups in total. The van der Waals surface area contributed by atoms with E-state index >= 15 is 8.78 Å². The first-order valence-electron chi connectivity index (χ1n) is 13.7. The van der Waals surface area contributed by atoms with Gasteiger partial charge in [0, 0.05) is 23.1 Å². The van der Waals surface area contributed by atoms with Gasteiger partial charge in [0.25, 0.3) is 0 Å². The van der Waals surface area contributed by atoms with Crippen LogP contribution < -0.4 is 4.74 Å². The van der Waals surface area contributed by atoms with Crippen molar-refractivity contribution in [3.63, 3.8) is 0 Å². The highest BCUT2D eigenvalue weighted by Gasteiger charge is 2.44. The molecule has 0 bridgehead atoms. The molecule has 2 aliphatic rings. The van der Waals surface area contributed by atoms with Gasteiger partial charge in [-0.05, 0) is 73.1 Å². The van der Waals surface area contributed by atoms with Crippen LogP contribution in [-0.2, 0) is 15.7 Å². The van der Waals surface area contributed by atoms with Gasteiger partial charge in [0.15, 0.2) is 6.29 Å². The van der Waals surface area contributed by atoms with E-state index in [2.05, 4.69) is 0 Å². The van der Waals surface area contributed by atoms with Gasteiger partial charge in [-0.15, -0.1) is 0 Å². The second-order valence-corrected chi connectivity index (χ2v) is 11.1. The van der Waals surface area contributed by atoms with Crippen molar-refractivity contribution in [3.8, 4) is 16.9 Å². The predicted octanol–water partition coefficient (Wildman–Crippen LogP) is 9.56. The summed E-state index contributed by atoms with van der Waals surface area (Å²) in [5.41, 5.74) is -2.24. The lowest BCUT2D eigenvalue weighted by atomic mass is 9.78. The van der Waals surface area contributed by atoms with Gasteiger partial charge >= 0.3 is 12.3 Å². The Morgan fingerprint density at radius 1 is 0.721 bits per heavy atom. The Morgan fingerprint density at radius 2 is 1.35 bits per heavy atom. The summed E-state index contributed by atoms with van der Waals surface area (Å²) in [6.07, 6.45) is -9.18. The van der Waals surface area contributed by atoms with E-state index in [0.29, 0.717) is 42.5 Å². The average molecular weight is 619 g/mol. The second kappa shape index (κ2) is 12.0. The summed E-state index contributed by atoms with van der Waals surface area (Å²) in [7, 11) is 0. The highest BCUT2D eigenvalue weighted by Crippen LogP contribution is 2.44. The van der Waals surface area contributed by atoms with Crippen molar-refractivity contribution in [2.24, 2.45) is 11.8 Å². The summed E-state index contributed by atoms with van der Waals surface area (Å²) in [4.78, 5) is 0. The van der Waals surface area contributed by atoms with Gasteiger partial charge in [-0.1, -0.05) is 19.1 Å². The summed E-state index contributed by atoms with van der Waals surface area (Å²) in [6.45, 7) is 2.95. The van der Waals surface area contributed by atoms with Crippen LogP contribution in [0.2, 0.25) is 0 Å². The fourth-order valence-electron chi connectivity index (χ4n) is 5.59. The molecule has 1 aliphatic heterocycles. The Hall–Kier alpha value is -3.25. The normalized spacial score (nSPS) is 23.3. The highest BCUT2D eigenvalue weighted by molar-refractivity contribution is 5.66. The molecule has 1 saturated heterocycles. The van der Waals surface area contributed by atoms with Gasteiger partial charge in [0.1, 0.15) is 34.6 Å². The lowest BCUT2D eigenvalue weighted by Gasteiger charge is -2.34.